The van der Waals surface area contributed by atoms with Crippen LogP contribution in [0.5, 0.6) is 17.2 Å². The number of carbonyl (C=O) groups excluding carboxylic acids is 2. The van der Waals surface area contributed by atoms with E-state index >= 15 is 0 Å². The van der Waals surface area contributed by atoms with Gasteiger partial charge in [-0.05, 0) is 49.7 Å². The van der Waals surface area contributed by atoms with E-state index in [-0.39, 0.29) is 18.2 Å². The van der Waals surface area contributed by atoms with Gasteiger partial charge in [-0.3, -0.25) is 14.5 Å². The number of anilines is 1. The fraction of sp³-hybridized carbons (Fsp3) is 0.400. The Morgan fingerprint density at radius 2 is 1.77 bits per heavy atom. The molecule has 1 fully saturated rings. The molecule has 0 saturated carbocycles. The fourth-order valence-electron chi connectivity index (χ4n) is 3.45. The predicted molar refractivity (Wildman–Crippen MR) is 137 cm³/mol. The summed E-state index contributed by atoms with van der Waals surface area (Å²) in [7, 11) is 4.67. The summed E-state index contributed by atoms with van der Waals surface area (Å²) < 4.78 is 21.2. The normalized spacial score (nSPS) is 16.5. The molecule has 35 heavy (non-hydrogen) atoms. The number of hydrogen-bond acceptors (Lipinski definition) is 8. The van der Waals surface area contributed by atoms with Crippen LogP contribution in [-0.4, -0.2) is 68.2 Å². The van der Waals surface area contributed by atoms with E-state index in [9.17, 15) is 9.59 Å². The highest BCUT2D eigenvalue weighted by Crippen LogP contribution is 2.34. The van der Waals surface area contributed by atoms with Crippen molar-refractivity contribution < 1.29 is 28.5 Å². The number of aliphatic imine (C=N–C) groups is 1. The minimum absolute atomic E-state index is 0.00649. The lowest BCUT2D eigenvalue weighted by atomic mass is 10.2. The van der Waals surface area contributed by atoms with Crippen molar-refractivity contribution in [1.29, 1.82) is 0 Å². The lowest BCUT2D eigenvalue weighted by Gasteiger charge is -2.16. The number of carbonyl (C=O) groups is 2. The largest absolute Gasteiger partial charge is 0.497 e. The van der Waals surface area contributed by atoms with Gasteiger partial charge in [-0.25, -0.2) is 4.99 Å². The molecule has 188 valence electrons. The van der Waals surface area contributed by atoms with Gasteiger partial charge in [0.1, 0.15) is 22.5 Å². The van der Waals surface area contributed by atoms with E-state index in [0.29, 0.717) is 54.2 Å². The molecule has 2 aromatic rings. The number of amidine groups is 1. The maximum atomic E-state index is 13.2. The minimum Gasteiger partial charge on any atom is -0.497 e. The summed E-state index contributed by atoms with van der Waals surface area (Å²) in [5.41, 5.74) is 1.18. The van der Waals surface area contributed by atoms with E-state index in [2.05, 4.69) is 10.3 Å². The Labute approximate surface area is 209 Å². The Morgan fingerprint density at radius 1 is 1.06 bits per heavy atom. The molecule has 1 aliphatic rings. The van der Waals surface area contributed by atoms with Gasteiger partial charge in [0, 0.05) is 32.2 Å². The molecule has 0 aliphatic carbocycles. The van der Waals surface area contributed by atoms with Crippen LogP contribution >= 0.6 is 11.8 Å². The molecule has 1 N–H and O–H groups in total. The first-order valence-electron chi connectivity index (χ1n) is 11.3. The molecule has 0 spiro atoms. The van der Waals surface area contributed by atoms with Crippen molar-refractivity contribution >= 4 is 40.1 Å². The number of methoxy groups -OCH3 is 3. The monoisotopic (exact) mass is 501 g/mol. The Bertz CT molecular complexity index is 1040. The van der Waals surface area contributed by atoms with Crippen LogP contribution in [0.2, 0.25) is 0 Å². The number of ether oxygens (including phenoxy) is 4. The van der Waals surface area contributed by atoms with E-state index in [1.165, 1.54) is 18.9 Å². The zero-order valence-corrected chi connectivity index (χ0v) is 21.2. The number of benzene rings is 2. The lowest BCUT2D eigenvalue weighted by molar-refractivity contribution is -0.128. The fourth-order valence-corrected chi connectivity index (χ4v) is 4.63. The molecular weight excluding hydrogens is 470 g/mol. The third-order valence-electron chi connectivity index (χ3n) is 5.24. The molecular formula is C25H31N3O6S. The summed E-state index contributed by atoms with van der Waals surface area (Å²) >= 11 is 1.29. The molecule has 1 unspecified atom stereocenters. The van der Waals surface area contributed by atoms with Crippen LogP contribution in [0.15, 0.2) is 47.5 Å². The number of rotatable bonds is 12. The van der Waals surface area contributed by atoms with Crippen LogP contribution in [-0.2, 0) is 14.3 Å². The van der Waals surface area contributed by atoms with Crippen molar-refractivity contribution in [1.82, 2.24) is 4.90 Å². The summed E-state index contributed by atoms with van der Waals surface area (Å²) in [4.78, 5) is 32.4. The Kier molecular flexibility index (Phi) is 9.80. The predicted octanol–water partition coefficient (Wildman–Crippen LogP) is 4.10. The zero-order valence-electron chi connectivity index (χ0n) is 20.4. The van der Waals surface area contributed by atoms with Gasteiger partial charge in [0.15, 0.2) is 5.17 Å². The summed E-state index contributed by atoms with van der Waals surface area (Å²) in [5, 5.41) is 2.81. The molecule has 1 heterocycles. The molecule has 3 rings (SSSR count). The average molecular weight is 502 g/mol. The third kappa shape index (κ3) is 7.12. The molecule has 1 aliphatic heterocycles. The first-order chi connectivity index (χ1) is 17.0. The van der Waals surface area contributed by atoms with Gasteiger partial charge in [-0.15, -0.1) is 0 Å². The zero-order chi connectivity index (χ0) is 25.2. The Morgan fingerprint density at radius 3 is 2.43 bits per heavy atom. The van der Waals surface area contributed by atoms with E-state index in [0.717, 1.165) is 5.75 Å². The highest BCUT2D eigenvalue weighted by molar-refractivity contribution is 8.15. The van der Waals surface area contributed by atoms with Crippen LogP contribution in [0.1, 0.15) is 19.8 Å². The van der Waals surface area contributed by atoms with E-state index in [1.807, 2.05) is 31.2 Å². The van der Waals surface area contributed by atoms with Crippen molar-refractivity contribution in [3.8, 4) is 17.2 Å². The second-order valence-corrected chi connectivity index (χ2v) is 8.73. The first-order valence-corrected chi connectivity index (χ1v) is 12.2. The van der Waals surface area contributed by atoms with Gasteiger partial charge in [-0.2, -0.15) is 0 Å². The van der Waals surface area contributed by atoms with E-state index in [1.54, 1.807) is 37.3 Å². The van der Waals surface area contributed by atoms with Crippen LogP contribution in [0.3, 0.4) is 0 Å². The number of amides is 2. The molecule has 2 amide bonds. The molecule has 2 aromatic carbocycles. The smallest absolute Gasteiger partial charge is 0.242 e. The maximum Gasteiger partial charge on any atom is 0.242 e. The highest BCUT2D eigenvalue weighted by Gasteiger charge is 2.39. The summed E-state index contributed by atoms with van der Waals surface area (Å²) in [6, 6.07) is 12.4. The summed E-state index contributed by atoms with van der Waals surface area (Å²) in [5.74, 6) is 1.36. The standard InChI is InChI=1S/C25H31N3O6S/c1-5-34-14-6-13-28-24(30)22(35-25(28)26-17-7-9-18(31-2)10-8-17)16-23(29)27-20-15-19(32-3)11-12-21(20)33-4/h7-12,15,22H,5-6,13-14,16H2,1-4H3,(H,27,29). The minimum atomic E-state index is -0.587. The SMILES string of the molecule is CCOCCCN1C(=O)C(CC(=O)Nc2cc(OC)ccc2OC)SC1=Nc1ccc(OC)cc1. The maximum absolute atomic E-state index is 13.2. The molecule has 10 heteroatoms. The highest BCUT2D eigenvalue weighted by atomic mass is 32.2. The first kappa shape index (κ1) is 26.4. The second kappa shape index (κ2) is 13.0. The van der Waals surface area contributed by atoms with E-state index < -0.39 is 5.25 Å². The van der Waals surface area contributed by atoms with E-state index in [4.69, 9.17) is 18.9 Å². The molecule has 0 radical (unpaired) electrons. The van der Waals surface area contributed by atoms with Crippen LogP contribution in [0.25, 0.3) is 0 Å². The van der Waals surface area contributed by atoms with Gasteiger partial charge in [0.2, 0.25) is 11.8 Å². The molecule has 1 saturated heterocycles. The number of nitrogens with one attached hydrogen (secondary N) is 1. The number of nitrogens with zero attached hydrogens (tertiary/aromatic N) is 2. The van der Waals surface area contributed by atoms with Gasteiger partial charge >= 0.3 is 0 Å². The topological polar surface area (TPSA) is 98.7 Å². The van der Waals surface area contributed by atoms with Crippen molar-refractivity contribution in [3.63, 3.8) is 0 Å². The van der Waals surface area contributed by atoms with Crippen LogP contribution in [0.4, 0.5) is 11.4 Å². The second-order valence-electron chi connectivity index (χ2n) is 7.56. The molecule has 0 aromatic heterocycles. The molecule has 1 atom stereocenters. The van der Waals surface area contributed by atoms with Crippen molar-refractivity contribution in [2.75, 3.05) is 46.4 Å². The average Bonchev–Trinajstić information content (AvgIpc) is 3.15. The Hall–Kier alpha value is -3.24. The van der Waals surface area contributed by atoms with Gasteiger partial charge in [-0.1, -0.05) is 11.8 Å². The molecule has 0 bridgehead atoms. The third-order valence-corrected chi connectivity index (χ3v) is 6.42. The Balaban J connectivity index is 1.74. The van der Waals surface area contributed by atoms with Gasteiger partial charge in [0.05, 0.1) is 32.7 Å². The number of thioether (sulfide) groups is 1. The quantitative estimate of drug-likeness (QED) is 0.437. The molecule has 9 nitrogen and oxygen atoms in total. The van der Waals surface area contributed by atoms with Gasteiger partial charge < -0.3 is 24.3 Å². The summed E-state index contributed by atoms with van der Waals surface area (Å²) in [6.07, 6.45) is 0.662. The lowest BCUT2D eigenvalue weighted by Crippen LogP contribution is -2.34. The van der Waals surface area contributed by atoms with Crippen LogP contribution < -0.4 is 19.5 Å². The summed E-state index contributed by atoms with van der Waals surface area (Å²) in [6.45, 7) is 3.55. The van der Waals surface area contributed by atoms with Crippen molar-refractivity contribution in [2.24, 2.45) is 4.99 Å². The van der Waals surface area contributed by atoms with Crippen LogP contribution in [0, 0.1) is 0 Å². The van der Waals surface area contributed by atoms with Crippen molar-refractivity contribution in [2.45, 2.75) is 25.0 Å². The van der Waals surface area contributed by atoms with Crippen molar-refractivity contribution in [3.05, 3.63) is 42.5 Å². The van der Waals surface area contributed by atoms with Gasteiger partial charge in [0.25, 0.3) is 0 Å². The number of hydrogen-bond donors (Lipinski definition) is 1.